The van der Waals surface area contributed by atoms with E-state index in [0.717, 1.165) is 13.8 Å². The normalized spacial score (nSPS) is 14.9. The summed E-state index contributed by atoms with van der Waals surface area (Å²) in [7, 11) is 0. The molecule has 0 unspecified atom stereocenters. The Balaban J connectivity index is 4.02. The molecule has 0 saturated carbocycles. The number of halogens is 12. The molecule has 0 radical (unpaired) electrons. The van der Waals surface area contributed by atoms with E-state index in [9.17, 15) is 52.7 Å². The van der Waals surface area contributed by atoms with Crippen molar-refractivity contribution in [3.05, 3.63) is 35.4 Å². The van der Waals surface area contributed by atoms with Crippen LogP contribution in [0.15, 0.2) is 24.3 Å². The van der Waals surface area contributed by atoms with E-state index in [0.29, 0.717) is 0 Å². The Morgan fingerprint density at radius 1 is 0.567 bits per heavy atom. The third kappa shape index (κ3) is 4.07. The fourth-order valence-corrected chi connectivity index (χ4v) is 2.86. The molecular formula is C16H14F12O2. The largest absolute Gasteiger partial charge is 0.430 e. The molecule has 0 aliphatic heterocycles. The zero-order valence-corrected chi connectivity index (χ0v) is 15.1. The van der Waals surface area contributed by atoms with E-state index in [1.807, 2.05) is 0 Å². The molecule has 0 amide bonds. The average molecular weight is 466 g/mol. The first kappa shape index (κ1) is 26.3. The number of benzene rings is 1. The highest BCUT2D eigenvalue weighted by Crippen LogP contribution is 2.56. The van der Waals surface area contributed by atoms with Crippen LogP contribution in [0.25, 0.3) is 0 Å². The molecule has 0 aliphatic rings. The number of ether oxygens (including phenoxy) is 2. The summed E-state index contributed by atoms with van der Waals surface area (Å²) in [5, 5.41) is 0. The van der Waals surface area contributed by atoms with Crippen LogP contribution in [-0.4, -0.2) is 37.9 Å². The lowest BCUT2D eigenvalue weighted by Gasteiger charge is -2.40. The summed E-state index contributed by atoms with van der Waals surface area (Å²) in [6.07, 6.45) is -25.1. The second kappa shape index (κ2) is 8.09. The molecular weight excluding hydrogens is 452 g/mol. The molecule has 0 saturated heterocycles. The fraction of sp³-hybridized carbons (Fsp3) is 0.625. The maximum absolute atomic E-state index is 13.5. The van der Waals surface area contributed by atoms with Crippen LogP contribution in [0, 0.1) is 0 Å². The van der Waals surface area contributed by atoms with E-state index < -0.39 is 66.3 Å². The molecule has 174 valence electrons. The highest BCUT2D eigenvalue weighted by Gasteiger charge is 2.75. The minimum Gasteiger partial charge on any atom is -0.354 e. The van der Waals surface area contributed by atoms with Crippen LogP contribution < -0.4 is 0 Å². The van der Waals surface area contributed by atoms with E-state index in [-0.39, 0.29) is 18.2 Å². The predicted octanol–water partition coefficient (Wildman–Crippen LogP) is 6.40. The second-order valence-electron chi connectivity index (χ2n) is 5.80. The van der Waals surface area contributed by atoms with Gasteiger partial charge >= 0.3 is 24.7 Å². The molecule has 1 aromatic rings. The number of rotatable bonds is 6. The van der Waals surface area contributed by atoms with Gasteiger partial charge in [-0.2, -0.15) is 52.7 Å². The standard InChI is InChI=1S/C16H14F12O2/c1-3-29-11(13(17,18)19,14(20,21)22)9-6-5-7-10(8-9)12(30-4-2,15(23,24)25)16(26,27)28/h5-8H,3-4H2,1-2H3. The van der Waals surface area contributed by atoms with E-state index in [1.165, 1.54) is 0 Å². The van der Waals surface area contributed by atoms with Gasteiger partial charge in [0.15, 0.2) is 0 Å². The molecule has 0 bridgehead atoms. The van der Waals surface area contributed by atoms with E-state index in [2.05, 4.69) is 9.47 Å². The minimum atomic E-state index is -6.27. The van der Waals surface area contributed by atoms with Crippen LogP contribution in [0.1, 0.15) is 25.0 Å². The Hall–Kier alpha value is -1.70. The van der Waals surface area contributed by atoms with Gasteiger partial charge < -0.3 is 9.47 Å². The Morgan fingerprint density at radius 2 is 0.833 bits per heavy atom. The zero-order chi connectivity index (χ0) is 23.8. The van der Waals surface area contributed by atoms with Gasteiger partial charge in [-0.3, -0.25) is 0 Å². The molecule has 14 heteroatoms. The Bertz CT molecular complexity index is 629. The predicted molar refractivity (Wildman–Crippen MR) is 77.3 cm³/mol. The lowest BCUT2D eigenvalue weighted by molar-refractivity contribution is -0.390. The SMILES string of the molecule is CCOC(c1cccc(C(OCC)(C(F)(F)F)C(F)(F)F)c1)(C(F)(F)F)C(F)(F)F. The van der Waals surface area contributed by atoms with Crippen LogP contribution in [0.4, 0.5) is 52.7 Å². The van der Waals surface area contributed by atoms with E-state index >= 15 is 0 Å². The molecule has 2 nitrogen and oxygen atoms in total. The van der Waals surface area contributed by atoms with Gasteiger partial charge in [0.1, 0.15) is 0 Å². The fourth-order valence-electron chi connectivity index (χ4n) is 2.86. The summed E-state index contributed by atoms with van der Waals surface area (Å²) in [6.45, 7) is -0.936. The maximum Gasteiger partial charge on any atom is 0.430 e. The third-order valence-electron chi connectivity index (χ3n) is 3.99. The van der Waals surface area contributed by atoms with Crippen LogP contribution in [0.5, 0.6) is 0 Å². The second-order valence-corrected chi connectivity index (χ2v) is 5.80. The highest BCUT2D eigenvalue weighted by atomic mass is 19.4. The van der Waals surface area contributed by atoms with Gasteiger partial charge in [-0.1, -0.05) is 18.2 Å². The molecule has 0 N–H and O–H groups in total. The van der Waals surface area contributed by atoms with E-state index in [4.69, 9.17) is 0 Å². The number of hydrogen-bond donors (Lipinski definition) is 0. The Kier molecular flexibility index (Phi) is 7.11. The molecule has 0 spiro atoms. The number of alkyl halides is 12. The lowest BCUT2D eigenvalue weighted by Crippen LogP contribution is -2.57. The first-order valence-electron chi connectivity index (χ1n) is 7.99. The van der Waals surface area contributed by atoms with Gasteiger partial charge in [0.05, 0.1) is 0 Å². The van der Waals surface area contributed by atoms with Crippen molar-refractivity contribution in [3.63, 3.8) is 0 Å². The summed E-state index contributed by atoms with van der Waals surface area (Å²) in [6, 6.07) is -0.165. The summed E-state index contributed by atoms with van der Waals surface area (Å²) >= 11 is 0. The van der Waals surface area contributed by atoms with Gasteiger partial charge in [0.2, 0.25) is 0 Å². The van der Waals surface area contributed by atoms with Crippen molar-refractivity contribution in [1.82, 2.24) is 0 Å². The topological polar surface area (TPSA) is 18.5 Å². The molecule has 0 aromatic heterocycles. The van der Waals surface area contributed by atoms with Crippen LogP contribution in [0.3, 0.4) is 0 Å². The molecule has 0 fully saturated rings. The van der Waals surface area contributed by atoms with Gasteiger partial charge in [0, 0.05) is 24.3 Å². The Labute approximate surface area is 161 Å². The molecule has 0 heterocycles. The summed E-state index contributed by atoms with van der Waals surface area (Å²) in [4.78, 5) is 0. The molecule has 1 aromatic carbocycles. The lowest BCUT2D eigenvalue weighted by atomic mass is 9.85. The van der Waals surface area contributed by atoms with Gasteiger partial charge in [-0.25, -0.2) is 0 Å². The smallest absolute Gasteiger partial charge is 0.354 e. The summed E-state index contributed by atoms with van der Waals surface area (Å²) < 4.78 is 169. The van der Waals surface area contributed by atoms with Gasteiger partial charge in [-0.05, 0) is 19.9 Å². The van der Waals surface area contributed by atoms with Gasteiger partial charge in [-0.15, -0.1) is 0 Å². The van der Waals surface area contributed by atoms with Crippen molar-refractivity contribution < 1.29 is 62.2 Å². The molecule has 30 heavy (non-hydrogen) atoms. The first-order valence-corrected chi connectivity index (χ1v) is 7.99. The van der Waals surface area contributed by atoms with Crippen LogP contribution in [0.2, 0.25) is 0 Å². The van der Waals surface area contributed by atoms with Crippen molar-refractivity contribution in [1.29, 1.82) is 0 Å². The molecule has 1 rings (SSSR count). The van der Waals surface area contributed by atoms with Crippen LogP contribution in [-0.2, 0) is 20.7 Å². The van der Waals surface area contributed by atoms with Crippen molar-refractivity contribution in [3.8, 4) is 0 Å². The van der Waals surface area contributed by atoms with Crippen molar-refractivity contribution in [2.75, 3.05) is 13.2 Å². The van der Waals surface area contributed by atoms with Crippen molar-refractivity contribution >= 4 is 0 Å². The van der Waals surface area contributed by atoms with E-state index in [1.54, 1.807) is 0 Å². The van der Waals surface area contributed by atoms with Gasteiger partial charge in [0.25, 0.3) is 11.2 Å². The zero-order valence-electron chi connectivity index (χ0n) is 15.1. The quantitative estimate of drug-likeness (QED) is 0.452. The monoisotopic (exact) mass is 466 g/mol. The average Bonchev–Trinajstić information content (AvgIpc) is 2.52. The Morgan fingerprint density at radius 3 is 1.03 bits per heavy atom. The molecule has 0 atom stereocenters. The van der Waals surface area contributed by atoms with Crippen LogP contribution >= 0.6 is 0 Å². The third-order valence-corrected chi connectivity index (χ3v) is 3.99. The van der Waals surface area contributed by atoms with Crippen molar-refractivity contribution in [2.24, 2.45) is 0 Å². The minimum absolute atomic E-state index is 0.0730. The molecule has 0 aliphatic carbocycles. The first-order chi connectivity index (χ1) is 13.3. The summed E-state index contributed by atoms with van der Waals surface area (Å²) in [5.41, 5.74) is -14.4. The summed E-state index contributed by atoms with van der Waals surface area (Å²) in [5.74, 6) is 0. The maximum atomic E-state index is 13.5. The van der Waals surface area contributed by atoms with Crippen molar-refractivity contribution in [2.45, 2.75) is 49.8 Å². The highest BCUT2D eigenvalue weighted by molar-refractivity contribution is 5.36. The number of hydrogen-bond acceptors (Lipinski definition) is 2.